The maximum Gasteiger partial charge on any atom is 0.235 e. The van der Waals surface area contributed by atoms with E-state index in [1.807, 2.05) is 44.2 Å². The molecule has 0 atom stereocenters. The Bertz CT molecular complexity index is 770. The van der Waals surface area contributed by atoms with Gasteiger partial charge in [0.25, 0.3) is 0 Å². The van der Waals surface area contributed by atoms with Crippen LogP contribution < -0.4 is 5.32 Å². The molecular formula is C16H21N3O4S. The number of nitrogens with zero attached hydrogens (tertiary/aromatic N) is 2. The van der Waals surface area contributed by atoms with Gasteiger partial charge in [-0.1, -0.05) is 49.3 Å². The fourth-order valence-corrected chi connectivity index (χ4v) is 3.19. The average molecular weight is 351 g/mol. The van der Waals surface area contributed by atoms with Crippen LogP contribution in [0.2, 0.25) is 0 Å². The van der Waals surface area contributed by atoms with Gasteiger partial charge in [0.15, 0.2) is 15.7 Å². The molecule has 0 saturated carbocycles. The normalized spacial score (nSPS) is 11.6. The highest BCUT2D eigenvalue weighted by Crippen LogP contribution is 2.08. The lowest BCUT2D eigenvalue weighted by Gasteiger charge is -2.05. The molecule has 0 bridgehead atoms. The lowest BCUT2D eigenvalue weighted by Crippen LogP contribution is -2.30. The molecule has 1 heterocycles. The molecule has 1 amide bonds. The molecule has 130 valence electrons. The lowest BCUT2D eigenvalue weighted by molar-refractivity contribution is -0.118. The summed E-state index contributed by atoms with van der Waals surface area (Å²) in [5.74, 6) is -0.741. The minimum atomic E-state index is -3.65. The van der Waals surface area contributed by atoms with Gasteiger partial charge in [0.05, 0.1) is 0 Å². The van der Waals surface area contributed by atoms with Crippen molar-refractivity contribution < 1.29 is 17.7 Å². The van der Waals surface area contributed by atoms with Gasteiger partial charge in [-0.25, -0.2) is 8.42 Å². The highest BCUT2D eigenvalue weighted by Gasteiger charge is 2.21. The number of sulfone groups is 1. The van der Waals surface area contributed by atoms with Crippen molar-refractivity contribution >= 4 is 15.7 Å². The largest absolute Gasteiger partial charge is 0.351 e. The molecule has 0 aliphatic carbocycles. The Hall–Kier alpha value is -2.22. The second-order valence-corrected chi connectivity index (χ2v) is 8.06. The maximum atomic E-state index is 12.1. The Kier molecular flexibility index (Phi) is 6.08. The predicted molar refractivity (Wildman–Crippen MR) is 88.6 cm³/mol. The summed E-state index contributed by atoms with van der Waals surface area (Å²) in [6.07, 6.45) is 0.588. The van der Waals surface area contributed by atoms with Gasteiger partial charge in [-0.05, 0) is 11.5 Å². The van der Waals surface area contributed by atoms with Crippen molar-refractivity contribution in [2.24, 2.45) is 5.92 Å². The molecule has 7 nitrogen and oxygen atoms in total. The van der Waals surface area contributed by atoms with E-state index in [0.29, 0.717) is 18.2 Å². The standard InChI is InChI=1S/C16H21N3O4S/c1-12(2)8-16-18-14(19-23-16)10-24(21,22)11-15(20)17-9-13-6-4-3-5-7-13/h3-7,12H,8-11H2,1-2H3,(H,17,20). The predicted octanol–water partition coefficient (Wildman–Crippen LogP) is 1.50. The van der Waals surface area contributed by atoms with E-state index in [1.54, 1.807) is 0 Å². The third-order valence-corrected chi connectivity index (χ3v) is 4.53. The molecular weight excluding hydrogens is 330 g/mol. The van der Waals surface area contributed by atoms with Crippen LogP contribution in [0.15, 0.2) is 34.9 Å². The highest BCUT2D eigenvalue weighted by atomic mass is 32.2. The van der Waals surface area contributed by atoms with Crippen LogP contribution in [0.5, 0.6) is 0 Å². The van der Waals surface area contributed by atoms with Gasteiger partial charge in [0, 0.05) is 13.0 Å². The van der Waals surface area contributed by atoms with E-state index in [-0.39, 0.29) is 12.4 Å². The number of hydrogen-bond donors (Lipinski definition) is 1. The number of hydrogen-bond acceptors (Lipinski definition) is 6. The smallest absolute Gasteiger partial charge is 0.235 e. The van der Waals surface area contributed by atoms with E-state index in [9.17, 15) is 13.2 Å². The molecule has 2 aromatic rings. The van der Waals surface area contributed by atoms with Gasteiger partial charge in [-0.3, -0.25) is 4.79 Å². The first-order chi connectivity index (χ1) is 11.3. The molecule has 1 aromatic carbocycles. The summed E-state index contributed by atoms with van der Waals surface area (Å²) >= 11 is 0. The second-order valence-electron chi connectivity index (χ2n) is 6.00. The molecule has 0 aliphatic heterocycles. The van der Waals surface area contributed by atoms with Crippen LogP contribution >= 0.6 is 0 Å². The van der Waals surface area contributed by atoms with E-state index in [4.69, 9.17) is 4.52 Å². The number of amides is 1. The molecule has 0 aliphatic rings. The Morgan fingerprint density at radius 2 is 1.96 bits per heavy atom. The topological polar surface area (TPSA) is 102 Å². The van der Waals surface area contributed by atoms with Crippen LogP contribution in [0.3, 0.4) is 0 Å². The van der Waals surface area contributed by atoms with Crippen LogP contribution in [0, 0.1) is 5.92 Å². The van der Waals surface area contributed by atoms with Crippen LogP contribution in [0.1, 0.15) is 31.1 Å². The number of aromatic nitrogens is 2. The summed E-state index contributed by atoms with van der Waals surface area (Å²) in [5.41, 5.74) is 0.903. The van der Waals surface area contributed by atoms with Crippen molar-refractivity contribution in [1.29, 1.82) is 0 Å². The van der Waals surface area contributed by atoms with Crippen molar-refractivity contribution in [3.8, 4) is 0 Å². The van der Waals surface area contributed by atoms with E-state index in [1.165, 1.54) is 0 Å². The molecule has 0 saturated heterocycles. The number of carbonyl (C=O) groups is 1. The van der Waals surface area contributed by atoms with Crippen LogP contribution in [0.25, 0.3) is 0 Å². The summed E-state index contributed by atoms with van der Waals surface area (Å²) in [4.78, 5) is 15.9. The summed E-state index contributed by atoms with van der Waals surface area (Å²) in [6.45, 7) is 4.28. The molecule has 24 heavy (non-hydrogen) atoms. The molecule has 0 spiro atoms. The maximum absolute atomic E-state index is 12.1. The van der Waals surface area contributed by atoms with E-state index < -0.39 is 27.3 Å². The Balaban J connectivity index is 1.86. The fraction of sp³-hybridized carbons (Fsp3) is 0.438. The third-order valence-electron chi connectivity index (χ3n) is 3.13. The zero-order valence-corrected chi connectivity index (χ0v) is 14.5. The minimum absolute atomic E-state index is 0.0847. The van der Waals surface area contributed by atoms with Crippen molar-refractivity contribution in [3.05, 3.63) is 47.6 Å². The van der Waals surface area contributed by atoms with Gasteiger partial charge in [-0.2, -0.15) is 4.98 Å². The summed E-state index contributed by atoms with van der Waals surface area (Å²) in [6, 6.07) is 9.27. The molecule has 1 aromatic heterocycles. The zero-order valence-electron chi connectivity index (χ0n) is 13.7. The molecule has 2 rings (SSSR count). The van der Waals surface area contributed by atoms with Crippen LogP contribution in [-0.4, -0.2) is 30.2 Å². The van der Waals surface area contributed by atoms with Gasteiger partial charge in [0.1, 0.15) is 11.5 Å². The van der Waals surface area contributed by atoms with Gasteiger partial charge < -0.3 is 9.84 Å². The van der Waals surface area contributed by atoms with Crippen molar-refractivity contribution in [2.75, 3.05) is 5.75 Å². The van der Waals surface area contributed by atoms with Gasteiger partial charge in [0.2, 0.25) is 11.8 Å². The zero-order chi connectivity index (χ0) is 17.6. The van der Waals surface area contributed by atoms with Crippen molar-refractivity contribution in [1.82, 2.24) is 15.5 Å². The van der Waals surface area contributed by atoms with Crippen molar-refractivity contribution in [2.45, 2.75) is 32.6 Å². The molecule has 0 fully saturated rings. The first kappa shape index (κ1) is 18.1. The SMILES string of the molecule is CC(C)Cc1nc(CS(=O)(=O)CC(=O)NCc2ccccc2)no1. The van der Waals surface area contributed by atoms with Gasteiger partial charge >= 0.3 is 0 Å². The van der Waals surface area contributed by atoms with Crippen LogP contribution in [0.4, 0.5) is 0 Å². The minimum Gasteiger partial charge on any atom is -0.351 e. The fourth-order valence-electron chi connectivity index (χ4n) is 2.08. The van der Waals surface area contributed by atoms with E-state index in [0.717, 1.165) is 5.56 Å². The number of benzene rings is 1. The number of rotatable bonds is 8. The van der Waals surface area contributed by atoms with Crippen molar-refractivity contribution in [3.63, 3.8) is 0 Å². The number of carbonyl (C=O) groups excluding carboxylic acids is 1. The lowest BCUT2D eigenvalue weighted by atomic mass is 10.1. The highest BCUT2D eigenvalue weighted by molar-refractivity contribution is 7.91. The number of nitrogens with one attached hydrogen (secondary N) is 1. The molecule has 1 N–H and O–H groups in total. The first-order valence-electron chi connectivity index (χ1n) is 7.66. The monoisotopic (exact) mass is 351 g/mol. The summed E-state index contributed by atoms with van der Waals surface area (Å²) < 4.78 is 29.1. The Labute approximate surface area is 141 Å². The second kappa shape index (κ2) is 8.05. The van der Waals surface area contributed by atoms with E-state index >= 15 is 0 Å². The first-order valence-corrected chi connectivity index (χ1v) is 9.49. The summed E-state index contributed by atoms with van der Waals surface area (Å²) in [5, 5.41) is 6.25. The Morgan fingerprint density at radius 1 is 1.25 bits per heavy atom. The van der Waals surface area contributed by atoms with E-state index in [2.05, 4.69) is 15.5 Å². The summed E-state index contributed by atoms with van der Waals surface area (Å²) in [7, 11) is -3.65. The molecule has 0 unspecified atom stereocenters. The average Bonchev–Trinajstić information content (AvgIpc) is 2.91. The Morgan fingerprint density at radius 3 is 2.62 bits per heavy atom. The molecule has 0 radical (unpaired) electrons. The molecule has 8 heteroatoms. The third kappa shape index (κ3) is 6.11. The van der Waals surface area contributed by atoms with Crippen LogP contribution in [-0.2, 0) is 33.4 Å². The quantitative estimate of drug-likeness (QED) is 0.773. The van der Waals surface area contributed by atoms with Gasteiger partial charge in [-0.15, -0.1) is 0 Å².